The lowest BCUT2D eigenvalue weighted by Gasteiger charge is -2.12. The van der Waals surface area contributed by atoms with Gasteiger partial charge in [-0.25, -0.2) is 4.39 Å². The second-order valence-corrected chi connectivity index (χ2v) is 7.16. The van der Waals surface area contributed by atoms with Gasteiger partial charge in [-0.05, 0) is 59.2 Å². The Morgan fingerprint density at radius 1 is 0.931 bits per heavy atom. The Bertz CT molecular complexity index is 1190. The van der Waals surface area contributed by atoms with Gasteiger partial charge in [0.2, 0.25) is 0 Å². The highest BCUT2D eigenvalue weighted by Crippen LogP contribution is 2.30. The second kappa shape index (κ2) is 8.46. The SMILES string of the molecule is Cc1c(Cl)cccc1N=Cc1c(OCc2ccc(F)cc2)ccc2ccccc12. The van der Waals surface area contributed by atoms with Crippen molar-refractivity contribution < 1.29 is 9.13 Å². The van der Waals surface area contributed by atoms with E-state index in [-0.39, 0.29) is 5.82 Å². The molecule has 0 radical (unpaired) electrons. The molecule has 144 valence electrons. The Morgan fingerprint density at radius 2 is 1.72 bits per heavy atom. The zero-order valence-electron chi connectivity index (χ0n) is 15.9. The Balaban J connectivity index is 1.71. The molecular weight excluding hydrogens is 385 g/mol. The topological polar surface area (TPSA) is 21.6 Å². The molecule has 0 atom stereocenters. The summed E-state index contributed by atoms with van der Waals surface area (Å²) >= 11 is 6.23. The third-order valence-electron chi connectivity index (χ3n) is 4.81. The molecule has 0 amide bonds. The van der Waals surface area contributed by atoms with Crippen LogP contribution in [0, 0.1) is 12.7 Å². The molecule has 4 aromatic rings. The Morgan fingerprint density at radius 3 is 2.55 bits per heavy atom. The van der Waals surface area contributed by atoms with Crippen molar-refractivity contribution in [2.75, 3.05) is 0 Å². The van der Waals surface area contributed by atoms with Gasteiger partial charge in [-0.1, -0.05) is 60.1 Å². The van der Waals surface area contributed by atoms with Crippen LogP contribution in [0.2, 0.25) is 5.02 Å². The molecule has 2 nitrogen and oxygen atoms in total. The lowest BCUT2D eigenvalue weighted by atomic mass is 10.0. The maximum absolute atomic E-state index is 13.1. The lowest BCUT2D eigenvalue weighted by molar-refractivity contribution is 0.306. The van der Waals surface area contributed by atoms with Crippen LogP contribution in [0.4, 0.5) is 10.1 Å². The zero-order valence-corrected chi connectivity index (χ0v) is 16.7. The molecular formula is C25H19ClFNO. The highest BCUT2D eigenvalue weighted by molar-refractivity contribution is 6.31. The van der Waals surface area contributed by atoms with Gasteiger partial charge < -0.3 is 4.74 Å². The third kappa shape index (κ3) is 4.30. The molecule has 4 aromatic carbocycles. The van der Waals surface area contributed by atoms with Crippen LogP contribution in [0.25, 0.3) is 10.8 Å². The summed E-state index contributed by atoms with van der Waals surface area (Å²) in [5, 5.41) is 2.84. The van der Waals surface area contributed by atoms with E-state index in [1.807, 2.05) is 61.7 Å². The maximum atomic E-state index is 13.1. The smallest absolute Gasteiger partial charge is 0.129 e. The predicted octanol–water partition coefficient (Wildman–Crippen LogP) is 7.27. The number of ether oxygens (including phenoxy) is 1. The van der Waals surface area contributed by atoms with Crippen molar-refractivity contribution in [3.8, 4) is 5.75 Å². The molecule has 0 fully saturated rings. The molecule has 0 aliphatic rings. The quantitative estimate of drug-likeness (QED) is 0.321. The van der Waals surface area contributed by atoms with E-state index in [1.54, 1.807) is 12.1 Å². The van der Waals surface area contributed by atoms with E-state index >= 15 is 0 Å². The number of halogens is 2. The van der Waals surface area contributed by atoms with Crippen molar-refractivity contribution in [2.45, 2.75) is 13.5 Å². The van der Waals surface area contributed by atoms with E-state index in [1.165, 1.54) is 12.1 Å². The molecule has 0 bridgehead atoms. The highest BCUT2D eigenvalue weighted by atomic mass is 35.5. The maximum Gasteiger partial charge on any atom is 0.129 e. The van der Waals surface area contributed by atoms with Crippen LogP contribution >= 0.6 is 11.6 Å². The fourth-order valence-corrected chi connectivity index (χ4v) is 3.32. The van der Waals surface area contributed by atoms with Gasteiger partial charge in [-0.3, -0.25) is 4.99 Å². The molecule has 0 saturated carbocycles. The minimum absolute atomic E-state index is 0.260. The van der Waals surface area contributed by atoms with E-state index in [4.69, 9.17) is 16.3 Å². The molecule has 0 aliphatic heterocycles. The number of rotatable bonds is 5. The summed E-state index contributed by atoms with van der Waals surface area (Å²) in [7, 11) is 0. The van der Waals surface area contributed by atoms with Crippen molar-refractivity contribution in [3.63, 3.8) is 0 Å². The summed E-state index contributed by atoms with van der Waals surface area (Å²) in [5.41, 5.74) is 3.53. The third-order valence-corrected chi connectivity index (χ3v) is 5.22. The Kier molecular flexibility index (Phi) is 5.59. The lowest BCUT2D eigenvalue weighted by Crippen LogP contribution is -1.99. The zero-order chi connectivity index (χ0) is 20.2. The van der Waals surface area contributed by atoms with Gasteiger partial charge in [0.15, 0.2) is 0 Å². The van der Waals surface area contributed by atoms with E-state index < -0.39 is 0 Å². The van der Waals surface area contributed by atoms with Crippen LogP contribution in [0.5, 0.6) is 5.75 Å². The van der Waals surface area contributed by atoms with Gasteiger partial charge >= 0.3 is 0 Å². The summed E-state index contributed by atoms with van der Waals surface area (Å²) in [5.74, 6) is 0.459. The number of nitrogens with zero attached hydrogens (tertiary/aromatic N) is 1. The largest absolute Gasteiger partial charge is 0.488 e. The van der Waals surface area contributed by atoms with Crippen LogP contribution in [-0.4, -0.2) is 6.21 Å². The van der Waals surface area contributed by atoms with Crippen LogP contribution in [0.15, 0.2) is 83.9 Å². The van der Waals surface area contributed by atoms with Gasteiger partial charge in [0, 0.05) is 16.8 Å². The average molecular weight is 404 g/mol. The van der Waals surface area contributed by atoms with Gasteiger partial charge in [-0.15, -0.1) is 0 Å². The first-order valence-corrected chi connectivity index (χ1v) is 9.68. The fraction of sp³-hybridized carbons (Fsp3) is 0.0800. The van der Waals surface area contributed by atoms with E-state index in [0.717, 1.165) is 38.9 Å². The normalized spacial score (nSPS) is 11.3. The van der Waals surface area contributed by atoms with Gasteiger partial charge in [-0.2, -0.15) is 0 Å². The first kappa shape index (κ1) is 19.2. The molecule has 0 aromatic heterocycles. The number of benzene rings is 4. The summed E-state index contributed by atoms with van der Waals surface area (Å²) in [6.07, 6.45) is 1.82. The Hall–Kier alpha value is -3.17. The monoisotopic (exact) mass is 403 g/mol. The molecule has 0 saturated heterocycles. The summed E-state index contributed by atoms with van der Waals surface area (Å²) < 4.78 is 19.2. The fourth-order valence-electron chi connectivity index (χ4n) is 3.15. The molecule has 29 heavy (non-hydrogen) atoms. The average Bonchev–Trinajstić information content (AvgIpc) is 2.74. The Labute approximate surface area is 174 Å². The molecule has 4 heteroatoms. The number of fused-ring (bicyclic) bond motifs is 1. The van der Waals surface area contributed by atoms with Crippen molar-refractivity contribution in [1.29, 1.82) is 0 Å². The first-order valence-electron chi connectivity index (χ1n) is 9.30. The van der Waals surface area contributed by atoms with Crippen LogP contribution < -0.4 is 4.74 Å². The van der Waals surface area contributed by atoms with E-state index in [9.17, 15) is 4.39 Å². The molecule has 0 unspecified atom stereocenters. The minimum Gasteiger partial charge on any atom is -0.488 e. The van der Waals surface area contributed by atoms with Crippen molar-refractivity contribution in [2.24, 2.45) is 4.99 Å². The van der Waals surface area contributed by atoms with Crippen LogP contribution in [0.1, 0.15) is 16.7 Å². The second-order valence-electron chi connectivity index (χ2n) is 6.76. The number of hydrogen-bond acceptors (Lipinski definition) is 2. The molecule has 0 N–H and O–H groups in total. The summed E-state index contributed by atoms with van der Waals surface area (Å²) in [6.45, 7) is 2.29. The van der Waals surface area contributed by atoms with Gasteiger partial charge in [0.1, 0.15) is 18.2 Å². The summed E-state index contributed by atoms with van der Waals surface area (Å²) in [6, 6.07) is 24.1. The van der Waals surface area contributed by atoms with Gasteiger partial charge in [0.25, 0.3) is 0 Å². The standard InChI is InChI=1S/C25H19ClFNO/c1-17-23(26)7-4-8-24(17)28-15-22-21-6-3-2-5-19(21)11-14-25(22)29-16-18-9-12-20(27)13-10-18/h2-15H,16H2,1H3. The first-order chi connectivity index (χ1) is 14.1. The van der Waals surface area contributed by atoms with Crippen molar-refractivity contribution in [1.82, 2.24) is 0 Å². The molecule has 0 heterocycles. The van der Waals surface area contributed by atoms with Crippen LogP contribution in [0.3, 0.4) is 0 Å². The van der Waals surface area contributed by atoms with E-state index in [0.29, 0.717) is 11.6 Å². The summed E-state index contributed by atoms with van der Waals surface area (Å²) in [4.78, 5) is 4.68. The predicted molar refractivity (Wildman–Crippen MR) is 118 cm³/mol. The van der Waals surface area contributed by atoms with E-state index in [2.05, 4.69) is 11.1 Å². The molecule has 0 spiro atoms. The number of aliphatic imine (C=N–C) groups is 1. The van der Waals surface area contributed by atoms with Crippen LogP contribution in [-0.2, 0) is 6.61 Å². The van der Waals surface area contributed by atoms with Crippen molar-refractivity contribution in [3.05, 3.63) is 106 Å². The molecule has 0 aliphatic carbocycles. The molecule has 4 rings (SSSR count). The highest BCUT2D eigenvalue weighted by Gasteiger charge is 2.08. The number of hydrogen-bond donors (Lipinski definition) is 0. The van der Waals surface area contributed by atoms with Gasteiger partial charge in [0.05, 0.1) is 5.69 Å². The van der Waals surface area contributed by atoms with Crippen molar-refractivity contribution >= 4 is 34.3 Å². The minimum atomic E-state index is -0.260.